The summed E-state index contributed by atoms with van der Waals surface area (Å²) in [6.07, 6.45) is 7.11. The fraction of sp³-hybridized carbons (Fsp3) is 0.485. The number of hydrogen-bond donors (Lipinski definition) is 2. The molecule has 240 valence electrons. The molecular formula is C33H41ClN6O4S. The molecule has 3 aromatic rings. The second kappa shape index (κ2) is 12.4. The topological polar surface area (TPSA) is 117 Å². The monoisotopic (exact) mass is 652 g/mol. The summed E-state index contributed by atoms with van der Waals surface area (Å²) in [7, 11) is -1.36. The summed E-state index contributed by atoms with van der Waals surface area (Å²) in [5.74, 6) is 1.09. The van der Waals surface area contributed by atoms with Crippen LogP contribution in [0.25, 0.3) is 0 Å². The Kier molecular flexibility index (Phi) is 8.71. The van der Waals surface area contributed by atoms with E-state index >= 15 is 0 Å². The first-order chi connectivity index (χ1) is 21.4. The molecular weight excluding hydrogens is 612 g/mol. The molecule has 0 spiro atoms. The molecule has 1 amide bonds. The first-order valence-electron chi connectivity index (χ1n) is 15.7. The van der Waals surface area contributed by atoms with Crippen LogP contribution in [0.1, 0.15) is 75.7 Å². The van der Waals surface area contributed by atoms with E-state index in [1.807, 2.05) is 26.0 Å². The molecule has 2 bridgehead atoms. The molecule has 45 heavy (non-hydrogen) atoms. The van der Waals surface area contributed by atoms with Gasteiger partial charge in [-0.15, -0.1) is 0 Å². The van der Waals surface area contributed by atoms with Crippen LogP contribution in [0.3, 0.4) is 0 Å². The fourth-order valence-corrected chi connectivity index (χ4v) is 8.18. The average molecular weight is 653 g/mol. The van der Waals surface area contributed by atoms with Gasteiger partial charge in [-0.3, -0.25) is 9.69 Å². The lowest BCUT2D eigenvalue weighted by Gasteiger charge is -2.31. The normalized spacial score (nSPS) is 21.7. The van der Waals surface area contributed by atoms with Gasteiger partial charge >= 0.3 is 0 Å². The summed E-state index contributed by atoms with van der Waals surface area (Å²) >= 11 is 6.47. The van der Waals surface area contributed by atoms with Crippen molar-refractivity contribution in [3.63, 3.8) is 0 Å². The highest BCUT2D eigenvalue weighted by Crippen LogP contribution is 2.42. The number of rotatable bonds is 9. The van der Waals surface area contributed by atoms with Crippen LogP contribution in [-0.4, -0.2) is 70.6 Å². The molecule has 2 N–H and O–H groups in total. The van der Waals surface area contributed by atoms with E-state index in [2.05, 4.69) is 37.4 Å². The van der Waals surface area contributed by atoms with Crippen molar-refractivity contribution in [1.29, 1.82) is 0 Å². The lowest BCUT2D eigenvalue weighted by Crippen LogP contribution is -2.44. The maximum atomic E-state index is 13.9. The van der Waals surface area contributed by atoms with Gasteiger partial charge in [0.2, 0.25) is 5.95 Å². The summed E-state index contributed by atoms with van der Waals surface area (Å²) in [6.45, 7) is 7.75. The van der Waals surface area contributed by atoms with Crippen LogP contribution in [-0.2, 0) is 16.4 Å². The maximum Gasteiger partial charge on any atom is 0.254 e. The minimum atomic E-state index is -3.57. The van der Waals surface area contributed by atoms with Gasteiger partial charge in [-0.05, 0) is 83.8 Å². The molecule has 3 atom stereocenters. The van der Waals surface area contributed by atoms with E-state index in [0.717, 1.165) is 18.4 Å². The third-order valence-corrected chi connectivity index (χ3v) is 11.7. The quantitative estimate of drug-likeness (QED) is 0.265. The number of fused-ring (bicyclic) bond motifs is 3. The molecule has 0 aliphatic carbocycles. The smallest absolute Gasteiger partial charge is 0.254 e. The number of likely N-dealkylation sites (N-methyl/N-ethyl adjacent to an activating group) is 1. The Morgan fingerprint density at radius 3 is 2.53 bits per heavy atom. The number of ether oxygens (including phenoxy) is 1. The zero-order valence-electron chi connectivity index (χ0n) is 26.4. The molecule has 2 fully saturated rings. The number of halogens is 1. The second-order valence-electron chi connectivity index (χ2n) is 12.8. The van der Waals surface area contributed by atoms with Gasteiger partial charge in [0.15, 0.2) is 15.7 Å². The molecule has 4 heterocycles. The molecule has 2 saturated heterocycles. The van der Waals surface area contributed by atoms with E-state index in [9.17, 15) is 13.2 Å². The minimum absolute atomic E-state index is 0.0381. The summed E-state index contributed by atoms with van der Waals surface area (Å²) in [6, 6.07) is 11.6. The summed E-state index contributed by atoms with van der Waals surface area (Å²) in [5, 5.41) is 5.95. The number of aromatic nitrogens is 2. The van der Waals surface area contributed by atoms with Crippen LogP contribution in [0, 0.1) is 0 Å². The number of benzene rings is 2. The molecule has 6 rings (SSSR count). The maximum absolute atomic E-state index is 13.9. The highest BCUT2D eigenvalue weighted by atomic mass is 35.5. The van der Waals surface area contributed by atoms with Gasteiger partial charge in [0.1, 0.15) is 10.8 Å². The summed E-state index contributed by atoms with van der Waals surface area (Å²) in [4.78, 5) is 27.6. The number of nitrogens with zero attached hydrogens (tertiary/aromatic N) is 4. The van der Waals surface area contributed by atoms with E-state index in [0.29, 0.717) is 41.3 Å². The Bertz CT molecular complexity index is 1720. The number of carbonyl (C=O) groups excluding carboxylic acids is 1. The summed E-state index contributed by atoms with van der Waals surface area (Å²) in [5.41, 5.74) is 2.52. The van der Waals surface area contributed by atoms with Crippen molar-refractivity contribution in [3.05, 3.63) is 58.7 Å². The molecule has 12 heteroatoms. The van der Waals surface area contributed by atoms with Gasteiger partial charge in [-0.25, -0.2) is 13.4 Å². The molecule has 10 nitrogen and oxygen atoms in total. The Balaban J connectivity index is 1.29. The van der Waals surface area contributed by atoms with Crippen molar-refractivity contribution < 1.29 is 17.9 Å². The third kappa shape index (κ3) is 6.09. The molecule has 3 aliphatic heterocycles. The first kappa shape index (κ1) is 31.6. The second-order valence-corrected chi connectivity index (χ2v) is 15.7. The van der Waals surface area contributed by atoms with Crippen molar-refractivity contribution >= 4 is 50.5 Å². The van der Waals surface area contributed by atoms with Gasteiger partial charge in [0, 0.05) is 30.2 Å². The fourth-order valence-electron chi connectivity index (χ4n) is 6.84. The molecule has 0 saturated carbocycles. The SMILES string of the molecule is CC(C)Oc1cc2c(cc1Nc1ncc(Cl)c(Nc3ccccc3S(=O)(=O)C(C)C)n1)C(=O)N([C@@H]1CC3CCCC[C@H]1N3C)C2. The number of para-hydroxylation sites is 1. The van der Waals surface area contributed by atoms with Gasteiger partial charge in [-0.1, -0.05) is 36.6 Å². The lowest BCUT2D eigenvalue weighted by molar-refractivity contribution is 0.0655. The predicted molar refractivity (Wildman–Crippen MR) is 177 cm³/mol. The van der Waals surface area contributed by atoms with Crippen LogP contribution in [0.5, 0.6) is 5.75 Å². The number of sulfone groups is 1. The minimum Gasteiger partial charge on any atom is -0.489 e. The number of carbonyl (C=O) groups is 1. The Morgan fingerprint density at radius 2 is 1.78 bits per heavy atom. The lowest BCUT2D eigenvalue weighted by atomic mass is 9.95. The molecule has 3 aliphatic rings. The Hall–Kier alpha value is -3.41. The first-order valence-corrected chi connectivity index (χ1v) is 17.6. The number of nitrogens with one attached hydrogen (secondary N) is 2. The van der Waals surface area contributed by atoms with E-state index in [1.165, 1.54) is 25.5 Å². The van der Waals surface area contributed by atoms with Gasteiger partial charge < -0.3 is 20.3 Å². The van der Waals surface area contributed by atoms with Gasteiger partial charge in [0.05, 0.1) is 33.8 Å². The van der Waals surface area contributed by atoms with Crippen LogP contribution < -0.4 is 15.4 Å². The zero-order valence-corrected chi connectivity index (χ0v) is 28.0. The largest absolute Gasteiger partial charge is 0.489 e. The van der Waals surface area contributed by atoms with Crippen molar-refractivity contribution in [1.82, 2.24) is 19.8 Å². The summed E-state index contributed by atoms with van der Waals surface area (Å²) < 4.78 is 32.2. The van der Waals surface area contributed by atoms with Crippen molar-refractivity contribution in [2.75, 3.05) is 17.7 Å². The van der Waals surface area contributed by atoms with Crippen LogP contribution in [0.15, 0.2) is 47.5 Å². The van der Waals surface area contributed by atoms with Crippen molar-refractivity contribution in [3.8, 4) is 5.75 Å². The van der Waals surface area contributed by atoms with E-state index in [1.54, 1.807) is 38.1 Å². The van der Waals surface area contributed by atoms with Crippen molar-refractivity contribution in [2.24, 2.45) is 0 Å². The van der Waals surface area contributed by atoms with Crippen LogP contribution in [0.4, 0.5) is 23.1 Å². The van der Waals surface area contributed by atoms with Gasteiger partial charge in [-0.2, -0.15) is 4.98 Å². The van der Waals surface area contributed by atoms with E-state index in [-0.39, 0.29) is 39.7 Å². The Labute approximate surface area is 270 Å². The van der Waals surface area contributed by atoms with Crippen LogP contribution >= 0.6 is 11.6 Å². The molecule has 1 unspecified atom stereocenters. The molecule has 1 aromatic heterocycles. The van der Waals surface area contributed by atoms with E-state index < -0.39 is 15.1 Å². The predicted octanol–water partition coefficient (Wildman–Crippen LogP) is 6.56. The molecule has 2 aromatic carbocycles. The van der Waals surface area contributed by atoms with Crippen molar-refractivity contribution in [2.45, 2.75) is 101 Å². The average Bonchev–Trinajstić information content (AvgIpc) is 3.38. The van der Waals surface area contributed by atoms with Gasteiger partial charge in [0.25, 0.3) is 5.91 Å². The zero-order chi connectivity index (χ0) is 32.0. The number of amides is 1. The number of hydrogen-bond acceptors (Lipinski definition) is 9. The van der Waals surface area contributed by atoms with Crippen LogP contribution in [0.2, 0.25) is 5.02 Å². The third-order valence-electron chi connectivity index (χ3n) is 9.20. The standard InChI is InChI=1S/C33H41ClN6O4S/c1-19(2)44-29-14-21-18-40(28-15-22-10-6-8-12-27(28)39(22)5)32(41)23(21)16-26(29)37-33-35-17-24(34)31(38-33)36-25-11-7-9-13-30(25)45(42,43)20(3)4/h7,9,11,13-14,16-17,19-20,22,27-28H,6,8,10,12,15,18H2,1-5H3,(H2,35,36,37,38)/t22?,27-,28-/m1/s1. The number of anilines is 4. The molecule has 0 radical (unpaired) electrons. The highest BCUT2D eigenvalue weighted by molar-refractivity contribution is 7.92. The van der Waals surface area contributed by atoms with E-state index in [4.69, 9.17) is 16.3 Å². The highest BCUT2D eigenvalue weighted by Gasteiger charge is 2.46. The Morgan fingerprint density at radius 1 is 1.02 bits per heavy atom.